The standard InChI is InChI=1S/C11H10N2O2S/c14-13(15)11-6-9(8-16-11)7-12-10-4-2-1-3-5-10/h1-6,8,12H,7H2. The number of nitro groups is 1. The zero-order chi connectivity index (χ0) is 11.4. The fraction of sp³-hybridized carbons (Fsp3) is 0.0909. The van der Waals surface area contributed by atoms with Crippen LogP contribution in [0.25, 0.3) is 0 Å². The van der Waals surface area contributed by atoms with Crippen molar-refractivity contribution in [2.75, 3.05) is 5.32 Å². The summed E-state index contributed by atoms with van der Waals surface area (Å²) in [6.45, 7) is 0.606. The van der Waals surface area contributed by atoms with Gasteiger partial charge in [0.05, 0.1) is 4.92 Å². The summed E-state index contributed by atoms with van der Waals surface area (Å²) in [5.74, 6) is 0. The molecule has 0 amide bonds. The first-order valence-corrected chi connectivity index (χ1v) is 5.64. The fourth-order valence-corrected chi connectivity index (χ4v) is 2.04. The number of hydrogen-bond acceptors (Lipinski definition) is 4. The molecule has 16 heavy (non-hydrogen) atoms. The second kappa shape index (κ2) is 4.76. The van der Waals surface area contributed by atoms with Crippen LogP contribution in [0.5, 0.6) is 0 Å². The lowest BCUT2D eigenvalue weighted by molar-refractivity contribution is -0.380. The molecule has 0 radical (unpaired) electrons. The van der Waals surface area contributed by atoms with Gasteiger partial charge in [0.2, 0.25) is 0 Å². The molecule has 0 atom stereocenters. The predicted octanol–water partition coefficient (Wildman–Crippen LogP) is 3.27. The van der Waals surface area contributed by atoms with Gasteiger partial charge in [-0.2, -0.15) is 0 Å². The van der Waals surface area contributed by atoms with E-state index in [1.165, 1.54) is 0 Å². The summed E-state index contributed by atoms with van der Waals surface area (Å²) in [5.41, 5.74) is 1.94. The summed E-state index contributed by atoms with van der Waals surface area (Å²) >= 11 is 1.15. The highest BCUT2D eigenvalue weighted by atomic mass is 32.1. The molecule has 1 N–H and O–H groups in total. The maximum Gasteiger partial charge on any atom is 0.324 e. The number of thiophene rings is 1. The largest absolute Gasteiger partial charge is 0.381 e. The number of hydrogen-bond donors (Lipinski definition) is 1. The Morgan fingerprint density at radius 1 is 1.31 bits per heavy atom. The van der Waals surface area contributed by atoms with Crippen LogP contribution in [0.3, 0.4) is 0 Å². The van der Waals surface area contributed by atoms with Crippen molar-refractivity contribution in [3.05, 3.63) is 57.5 Å². The normalized spacial score (nSPS) is 10.0. The summed E-state index contributed by atoms with van der Waals surface area (Å²) in [6, 6.07) is 11.3. The zero-order valence-corrected chi connectivity index (χ0v) is 9.24. The molecule has 2 rings (SSSR count). The van der Waals surface area contributed by atoms with E-state index in [0.29, 0.717) is 6.54 Å². The first kappa shape index (κ1) is 10.6. The van der Waals surface area contributed by atoms with Gasteiger partial charge in [0.25, 0.3) is 0 Å². The van der Waals surface area contributed by atoms with E-state index in [2.05, 4.69) is 5.32 Å². The first-order valence-electron chi connectivity index (χ1n) is 4.76. The molecule has 0 aliphatic carbocycles. The van der Waals surface area contributed by atoms with E-state index in [1.807, 2.05) is 30.3 Å². The average Bonchev–Trinajstić information content (AvgIpc) is 2.76. The van der Waals surface area contributed by atoms with E-state index < -0.39 is 0 Å². The minimum Gasteiger partial charge on any atom is -0.381 e. The highest BCUT2D eigenvalue weighted by Gasteiger charge is 2.08. The maximum atomic E-state index is 10.5. The molecule has 1 aromatic heterocycles. The second-order valence-electron chi connectivity index (χ2n) is 3.27. The maximum absolute atomic E-state index is 10.5. The third kappa shape index (κ3) is 2.58. The molecule has 82 valence electrons. The molecule has 0 aliphatic rings. The van der Waals surface area contributed by atoms with Crippen molar-refractivity contribution in [1.29, 1.82) is 0 Å². The molecular formula is C11H10N2O2S. The molecule has 0 spiro atoms. The summed E-state index contributed by atoms with van der Waals surface area (Å²) in [5, 5.41) is 15.7. The Labute approximate surface area is 96.7 Å². The molecule has 2 aromatic rings. The number of para-hydroxylation sites is 1. The zero-order valence-electron chi connectivity index (χ0n) is 8.42. The van der Waals surface area contributed by atoms with Gasteiger partial charge in [0, 0.05) is 23.7 Å². The lowest BCUT2D eigenvalue weighted by Crippen LogP contribution is -1.97. The number of anilines is 1. The molecule has 0 fully saturated rings. The van der Waals surface area contributed by atoms with E-state index in [0.717, 1.165) is 22.6 Å². The van der Waals surface area contributed by atoms with E-state index in [1.54, 1.807) is 11.4 Å². The topological polar surface area (TPSA) is 55.2 Å². The minimum absolute atomic E-state index is 0.185. The molecule has 5 heteroatoms. The van der Waals surface area contributed by atoms with Crippen molar-refractivity contribution in [1.82, 2.24) is 0 Å². The van der Waals surface area contributed by atoms with Gasteiger partial charge in [-0.3, -0.25) is 10.1 Å². The summed E-state index contributed by atoms with van der Waals surface area (Å²) < 4.78 is 0. The molecular weight excluding hydrogens is 224 g/mol. The lowest BCUT2D eigenvalue weighted by atomic mass is 10.3. The Hall–Kier alpha value is -1.88. The third-order valence-corrected chi connectivity index (χ3v) is 3.02. The van der Waals surface area contributed by atoms with Crippen LogP contribution in [0.15, 0.2) is 41.8 Å². The second-order valence-corrected chi connectivity index (χ2v) is 4.16. The van der Waals surface area contributed by atoms with E-state index >= 15 is 0 Å². The predicted molar refractivity (Wildman–Crippen MR) is 64.7 cm³/mol. The van der Waals surface area contributed by atoms with Crippen LogP contribution in [0.4, 0.5) is 10.7 Å². The summed E-state index contributed by atoms with van der Waals surface area (Å²) in [6.07, 6.45) is 0. The van der Waals surface area contributed by atoms with Crippen LogP contribution in [-0.2, 0) is 6.54 Å². The Morgan fingerprint density at radius 2 is 2.06 bits per heavy atom. The van der Waals surface area contributed by atoms with Crippen LogP contribution in [0, 0.1) is 10.1 Å². The molecule has 0 saturated heterocycles. The van der Waals surface area contributed by atoms with Gasteiger partial charge in [-0.05, 0) is 17.7 Å². The molecule has 4 nitrogen and oxygen atoms in total. The van der Waals surface area contributed by atoms with Gasteiger partial charge in [0.1, 0.15) is 0 Å². The quantitative estimate of drug-likeness (QED) is 0.652. The summed E-state index contributed by atoms with van der Waals surface area (Å²) in [7, 11) is 0. The van der Waals surface area contributed by atoms with Gasteiger partial charge >= 0.3 is 5.00 Å². The van der Waals surface area contributed by atoms with Crippen LogP contribution in [-0.4, -0.2) is 4.92 Å². The Balaban J connectivity index is 1.97. The van der Waals surface area contributed by atoms with Crippen LogP contribution in [0.1, 0.15) is 5.56 Å². The van der Waals surface area contributed by atoms with Gasteiger partial charge in [-0.15, -0.1) is 0 Å². The first-order chi connectivity index (χ1) is 7.75. The number of benzene rings is 1. The monoisotopic (exact) mass is 234 g/mol. The fourth-order valence-electron chi connectivity index (χ4n) is 1.31. The molecule has 1 aromatic carbocycles. The van der Waals surface area contributed by atoms with E-state index in [9.17, 15) is 10.1 Å². The molecule has 0 unspecified atom stereocenters. The number of nitrogens with zero attached hydrogens (tertiary/aromatic N) is 1. The SMILES string of the molecule is O=[N+]([O-])c1cc(CNc2ccccc2)cs1. The van der Waals surface area contributed by atoms with Gasteiger partial charge < -0.3 is 5.32 Å². The van der Waals surface area contributed by atoms with E-state index in [4.69, 9.17) is 0 Å². The van der Waals surface area contributed by atoms with Crippen LogP contribution < -0.4 is 5.32 Å². The van der Waals surface area contributed by atoms with Gasteiger partial charge in [-0.25, -0.2) is 0 Å². The van der Waals surface area contributed by atoms with Crippen molar-refractivity contribution in [3.63, 3.8) is 0 Å². The Bertz CT molecular complexity index is 482. The van der Waals surface area contributed by atoms with Crippen molar-refractivity contribution >= 4 is 22.0 Å². The molecule has 0 bridgehead atoms. The Kier molecular flexibility index (Phi) is 3.16. The molecule has 0 saturated carbocycles. The van der Waals surface area contributed by atoms with Gasteiger partial charge in [-0.1, -0.05) is 29.5 Å². The van der Waals surface area contributed by atoms with Crippen molar-refractivity contribution < 1.29 is 4.92 Å². The lowest BCUT2D eigenvalue weighted by Gasteiger charge is -2.03. The minimum atomic E-state index is -0.364. The van der Waals surface area contributed by atoms with Gasteiger partial charge in [0.15, 0.2) is 0 Å². The third-order valence-electron chi connectivity index (χ3n) is 2.09. The molecule has 0 aliphatic heterocycles. The smallest absolute Gasteiger partial charge is 0.324 e. The summed E-state index contributed by atoms with van der Waals surface area (Å²) in [4.78, 5) is 10.1. The number of nitrogens with one attached hydrogen (secondary N) is 1. The van der Waals surface area contributed by atoms with Crippen molar-refractivity contribution in [3.8, 4) is 0 Å². The highest BCUT2D eigenvalue weighted by Crippen LogP contribution is 2.23. The Morgan fingerprint density at radius 3 is 2.69 bits per heavy atom. The van der Waals surface area contributed by atoms with E-state index in [-0.39, 0.29) is 9.92 Å². The highest BCUT2D eigenvalue weighted by molar-refractivity contribution is 7.13. The van der Waals surface area contributed by atoms with Crippen molar-refractivity contribution in [2.45, 2.75) is 6.54 Å². The van der Waals surface area contributed by atoms with Crippen LogP contribution in [0.2, 0.25) is 0 Å². The average molecular weight is 234 g/mol. The van der Waals surface area contributed by atoms with Crippen LogP contribution >= 0.6 is 11.3 Å². The van der Waals surface area contributed by atoms with Crippen molar-refractivity contribution in [2.24, 2.45) is 0 Å². The number of rotatable bonds is 4. The molecule has 1 heterocycles.